The van der Waals surface area contributed by atoms with Gasteiger partial charge in [-0.3, -0.25) is 4.79 Å². The summed E-state index contributed by atoms with van der Waals surface area (Å²) in [5.74, 6) is 0.360. The number of allylic oxidation sites excluding steroid dienone is 6. The van der Waals surface area contributed by atoms with Crippen LogP contribution in [0.15, 0.2) is 36.5 Å². The second kappa shape index (κ2) is 17.1. The third-order valence-corrected chi connectivity index (χ3v) is 4.96. The number of carbonyl (C=O) groups excluding carboxylic acids is 1. The number of unbranched alkanes of at least 4 members (excludes halogenated alkanes) is 7. The van der Waals surface area contributed by atoms with Crippen LogP contribution in [0.1, 0.15) is 96.8 Å². The molecule has 1 rings (SSSR count). The van der Waals surface area contributed by atoms with E-state index in [0.29, 0.717) is 5.91 Å². The predicted octanol–water partition coefficient (Wildman–Crippen LogP) is 6.98. The maximum absolute atomic E-state index is 11.9. The SMILES string of the molecule is CCCCC/C=C\C/C=C\CCCC/C=C\CCCC(=O)N1CCCC1. The fourth-order valence-electron chi connectivity index (χ4n) is 3.27. The molecule has 0 unspecified atom stereocenters. The van der Waals surface area contributed by atoms with E-state index in [1.54, 1.807) is 0 Å². The molecule has 1 aliphatic heterocycles. The first-order chi connectivity index (χ1) is 12.8. The maximum Gasteiger partial charge on any atom is 0.222 e. The lowest BCUT2D eigenvalue weighted by Crippen LogP contribution is -2.27. The minimum atomic E-state index is 0.360. The summed E-state index contributed by atoms with van der Waals surface area (Å²) < 4.78 is 0. The van der Waals surface area contributed by atoms with Crippen molar-refractivity contribution < 1.29 is 4.79 Å². The average molecular weight is 360 g/mol. The predicted molar refractivity (Wildman–Crippen MR) is 114 cm³/mol. The van der Waals surface area contributed by atoms with Crippen molar-refractivity contribution in [3.8, 4) is 0 Å². The lowest BCUT2D eigenvalue weighted by molar-refractivity contribution is -0.130. The first-order valence-corrected chi connectivity index (χ1v) is 11.1. The van der Waals surface area contributed by atoms with Crippen LogP contribution in [0.4, 0.5) is 0 Å². The van der Waals surface area contributed by atoms with Gasteiger partial charge in [-0.1, -0.05) is 56.2 Å². The minimum absolute atomic E-state index is 0.360. The van der Waals surface area contributed by atoms with Gasteiger partial charge in [0.2, 0.25) is 5.91 Å². The Morgan fingerprint density at radius 3 is 1.81 bits per heavy atom. The number of rotatable bonds is 15. The quantitative estimate of drug-likeness (QED) is 0.228. The summed E-state index contributed by atoms with van der Waals surface area (Å²) in [5.41, 5.74) is 0. The zero-order valence-corrected chi connectivity index (χ0v) is 17.1. The van der Waals surface area contributed by atoms with Gasteiger partial charge in [-0.25, -0.2) is 0 Å². The number of nitrogens with zero attached hydrogens (tertiary/aromatic N) is 1. The van der Waals surface area contributed by atoms with Crippen LogP contribution in [-0.2, 0) is 4.79 Å². The highest BCUT2D eigenvalue weighted by Crippen LogP contribution is 2.11. The lowest BCUT2D eigenvalue weighted by Gasteiger charge is -2.14. The van der Waals surface area contributed by atoms with Gasteiger partial charge >= 0.3 is 0 Å². The molecule has 1 heterocycles. The summed E-state index contributed by atoms with van der Waals surface area (Å²) in [6, 6.07) is 0. The van der Waals surface area contributed by atoms with Crippen LogP contribution in [0.2, 0.25) is 0 Å². The number of carbonyl (C=O) groups is 1. The van der Waals surface area contributed by atoms with Crippen molar-refractivity contribution >= 4 is 5.91 Å². The normalized spacial score (nSPS) is 15.2. The van der Waals surface area contributed by atoms with E-state index in [0.717, 1.165) is 38.8 Å². The summed E-state index contributed by atoms with van der Waals surface area (Å²) in [6.45, 7) is 4.22. The molecule has 26 heavy (non-hydrogen) atoms. The molecule has 0 spiro atoms. The zero-order chi connectivity index (χ0) is 18.7. The summed E-state index contributed by atoms with van der Waals surface area (Å²) in [4.78, 5) is 13.9. The lowest BCUT2D eigenvalue weighted by atomic mass is 10.1. The van der Waals surface area contributed by atoms with Crippen LogP contribution in [0.3, 0.4) is 0 Å². The third kappa shape index (κ3) is 13.0. The van der Waals surface area contributed by atoms with Crippen molar-refractivity contribution in [2.24, 2.45) is 0 Å². The van der Waals surface area contributed by atoms with Crippen molar-refractivity contribution in [2.45, 2.75) is 96.8 Å². The van der Waals surface area contributed by atoms with E-state index in [4.69, 9.17) is 0 Å². The molecule has 1 fully saturated rings. The topological polar surface area (TPSA) is 20.3 Å². The number of hydrogen-bond acceptors (Lipinski definition) is 1. The smallest absolute Gasteiger partial charge is 0.222 e. The van der Waals surface area contributed by atoms with Crippen molar-refractivity contribution in [1.29, 1.82) is 0 Å². The molecular formula is C24H41NO. The minimum Gasteiger partial charge on any atom is -0.343 e. The van der Waals surface area contributed by atoms with E-state index in [1.165, 1.54) is 64.2 Å². The van der Waals surface area contributed by atoms with Gasteiger partial charge in [0, 0.05) is 19.5 Å². The molecule has 0 aliphatic carbocycles. The van der Waals surface area contributed by atoms with Crippen LogP contribution in [0, 0.1) is 0 Å². The first kappa shape index (κ1) is 22.7. The molecule has 0 atom stereocenters. The molecule has 0 radical (unpaired) electrons. The molecule has 148 valence electrons. The van der Waals surface area contributed by atoms with E-state index in [2.05, 4.69) is 43.4 Å². The summed E-state index contributed by atoms with van der Waals surface area (Å²) in [6.07, 6.45) is 30.2. The van der Waals surface area contributed by atoms with E-state index >= 15 is 0 Å². The zero-order valence-electron chi connectivity index (χ0n) is 17.1. The van der Waals surface area contributed by atoms with Gasteiger partial charge in [0.1, 0.15) is 0 Å². The van der Waals surface area contributed by atoms with Crippen LogP contribution in [-0.4, -0.2) is 23.9 Å². The van der Waals surface area contributed by atoms with Crippen LogP contribution < -0.4 is 0 Å². The number of hydrogen-bond donors (Lipinski definition) is 0. The van der Waals surface area contributed by atoms with Gasteiger partial charge in [0.25, 0.3) is 0 Å². The average Bonchev–Trinajstić information content (AvgIpc) is 3.19. The molecule has 1 saturated heterocycles. The molecule has 0 aromatic heterocycles. The Morgan fingerprint density at radius 2 is 1.23 bits per heavy atom. The third-order valence-electron chi connectivity index (χ3n) is 4.96. The Bertz CT molecular complexity index is 416. The van der Waals surface area contributed by atoms with Crippen molar-refractivity contribution in [2.75, 3.05) is 13.1 Å². The summed E-state index contributed by atoms with van der Waals surface area (Å²) >= 11 is 0. The highest BCUT2D eigenvalue weighted by molar-refractivity contribution is 5.76. The Labute approximate surface area is 162 Å². The van der Waals surface area contributed by atoms with Gasteiger partial charge in [0.05, 0.1) is 0 Å². The Balaban J connectivity index is 1.84. The van der Waals surface area contributed by atoms with E-state index in [1.807, 2.05) is 4.90 Å². The van der Waals surface area contributed by atoms with Gasteiger partial charge in [-0.05, 0) is 70.6 Å². The highest BCUT2D eigenvalue weighted by atomic mass is 16.2. The van der Waals surface area contributed by atoms with E-state index in [9.17, 15) is 4.79 Å². The molecular weight excluding hydrogens is 318 g/mol. The Kier molecular flexibility index (Phi) is 15.0. The molecule has 0 aromatic rings. The van der Waals surface area contributed by atoms with Crippen LogP contribution in [0.5, 0.6) is 0 Å². The number of likely N-dealkylation sites (tertiary alicyclic amines) is 1. The second-order valence-corrected chi connectivity index (χ2v) is 7.41. The molecule has 0 saturated carbocycles. The van der Waals surface area contributed by atoms with E-state index in [-0.39, 0.29) is 0 Å². The monoisotopic (exact) mass is 359 g/mol. The largest absolute Gasteiger partial charge is 0.343 e. The Hall–Kier alpha value is -1.31. The van der Waals surface area contributed by atoms with Gasteiger partial charge < -0.3 is 4.90 Å². The van der Waals surface area contributed by atoms with Gasteiger partial charge in [0.15, 0.2) is 0 Å². The summed E-state index contributed by atoms with van der Waals surface area (Å²) in [5, 5.41) is 0. The van der Waals surface area contributed by atoms with Crippen LogP contribution >= 0.6 is 0 Å². The molecule has 0 N–H and O–H groups in total. The molecule has 2 heteroatoms. The molecule has 0 aromatic carbocycles. The molecule has 0 bridgehead atoms. The fourth-order valence-corrected chi connectivity index (χ4v) is 3.27. The van der Waals surface area contributed by atoms with Crippen molar-refractivity contribution in [1.82, 2.24) is 4.90 Å². The molecule has 1 amide bonds. The van der Waals surface area contributed by atoms with Crippen LogP contribution in [0.25, 0.3) is 0 Å². The van der Waals surface area contributed by atoms with Gasteiger partial charge in [-0.2, -0.15) is 0 Å². The van der Waals surface area contributed by atoms with Crippen molar-refractivity contribution in [3.05, 3.63) is 36.5 Å². The van der Waals surface area contributed by atoms with E-state index < -0.39 is 0 Å². The Morgan fingerprint density at radius 1 is 0.731 bits per heavy atom. The molecule has 2 nitrogen and oxygen atoms in total. The van der Waals surface area contributed by atoms with Crippen molar-refractivity contribution in [3.63, 3.8) is 0 Å². The number of amides is 1. The molecule has 1 aliphatic rings. The maximum atomic E-state index is 11.9. The highest BCUT2D eigenvalue weighted by Gasteiger charge is 2.16. The van der Waals surface area contributed by atoms with Gasteiger partial charge in [-0.15, -0.1) is 0 Å². The first-order valence-electron chi connectivity index (χ1n) is 11.1. The second-order valence-electron chi connectivity index (χ2n) is 7.41. The fraction of sp³-hybridized carbons (Fsp3) is 0.708. The standard InChI is InChI=1S/C24H41NO/c1-2-3-4-5-6-7-8-9-10-11-12-13-14-15-16-17-18-21-24(26)25-22-19-20-23-25/h6-7,9-10,15-16H,2-5,8,11-14,17-23H2,1H3/b7-6-,10-9-,16-15-. The summed E-state index contributed by atoms with van der Waals surface area (Å²) in [7, 11) is 0.